The van der Waals surface area contributed by atoms with E-state index in [1.807, 2.05) is 11.0 Å². The molecule has 17 heavy (non-hydrogen) atoms. The van der Waals surface area contributed by atoms with Gasteiger partial charge in [0.15, 0.2) is 0 Å². The Hall–Kier alpha value is -1.35. The highest BCUT2D eigenvalue weighted by atomic mass is 35.5. The predicted molar refractivity (Wildman–Crippen MR) is 63.0 cm³/mol. The molecule has 0 aliphatic carbocycles. The number of rotatable bonds is 4. The van der Waals surface area contributed by atoms with Gasteiger partial charge in [-0.25, -0.2) is 4.57 Å². The smallest absolute Gasteiger partial charge is 0.265 e. The summed E-state index contributed by atoms with van der Waals surface area (Å²) in [4.78, 5) is 0. The molecule has 0 saturated heterocycles. The summed E-state index contributed by atoms with van der Waals surface area (Å²) in [7, 11) is 0. The first-order chi connectivity index (χ1) is 7.78. The summed E-state index contributed by atoms with van der Waals surface area (Å²) in [5, 5.41) is 4.30. The Morgan fingerprint density at radius 1 is 1.35 bits per heavy atom. The standard InChI is InChI=1S/C13H18N3.ClH/c1-3-7-16-11-15(10-14-16)9-13-6-4-5-12(2)8-13;/h4-6,8,10-11H,3,7,9H2,1-2H3;1H/q+1;/p-1. The third kappa shape index (κ3) is 3.86. The van der Waals surface area contributed by atoms with Crippen LogP contribution >= 0.6 is 0 Å². The van der Waals surface area contributed by atoms with Crippen LogP contribution in [0.5, 0.6) is 0 Å². The van der Waals surface area contributed by atoms with Crippen molar-refractivity contribution in [2.24, 2.45) is 0 Å². The van der Waals surface area contributed by atoms with Gasteiger partial charge in [-0.1, -0.05) is 36.8 Å². The second-order valence-corrected chi connectivity index (χ2v) is 4.17. The normalized spacial score (nSPS) is 10.0. The van der Waals surface area contributed by atoms with Crippen LogP contribution in [0.2, 0.25) is 0 Å². The van der Waals surface area contributed by atoms with E-state index >= 15 is 0 Å². The van der Waals surface area contributed by atoms with Crippen molar-refractivity contribution in [3.05, 3.63) is 48.0 Å². The summed E-state index contributed by atoms with van der Waals surface area (Å²) in [6.45, 7) is 6.16. The van der Waals surface area contributed by atoms with E-state index in [0.29, 0.717) is 0 Å². The van der Waals surface area contributed by atoms with Gasteiger partial charge in [0.1, 0.15) is 6.54 Å². The fourth-order valence-electron chi connectivity index (χ4n) is 1.81. The fourth-order valence-corrected chi connectivity index (χ4v) is 1.81. The molecular weight excluding hydrogens is 234 g/mol. The molecule has 1 aromatic heterocycles. The minimum Gasteiger partial charge on any atom is -1.00 e. The molecule has 0 spiro atoms. The topological polar surface area (TPSA) is 21.7 Å². The van der Waals surface area contributed by atoms with Crippen molar-refractivity contribution in [1.29, 1.82) is 0 Å². The molecule has 0 fully saturated rings. The molecule has 92 valence electrons. The maximum absolute atomic E-state index is 4.30. The van der Waals surface area contributed by atoms with Gasteiger partial charge in [0, 0.05) is 5.10 Å². The molecule has 0 aliphatic rings. The zero-order valence-corrected chi connectivity index (χ0v) is 11.1. The highest BCUT2D eigenvalue weighted by molar-refractivity contribution is 5.21. The lowest BCUT2D eigenvalue weighted by atomic mass is 10.1. The van der Waals surface area contributed by atoms with Crippen LogP contribution in [0, 0.1) is 6.92 Å². The van der Waals surface area contributed by atoms with Crippen LogP contribution in [0.1, 0.15) is 24.5 Å². The SMILES string of the molecule is CCCn1c[n+](Cc2cccc(C)c2)cn1.[Cl-]. The molecule has 4 heteroatoms. The van der Waals surface area contributed by atoms with Crippen molar-refractivity contribution in [3.8, 4) is 0 Å². The van der Waals surface area contributed by atoms with Crippen LogP contribution in [-0.4, -0.2) is 9.78 Å². The summed E-state index contributed by atoms with van der Waals surface area (Å²) in [5.41, 5.74) is 2.63. The molecule has 0 aliphatic heterocycles. The lowest BCUT2D eigenvalue weighted by Crippen LogP contribution is -3.00. The molecule has 0 radical (unpaired) electrons. The molecule has 0 bridgehead atoms. The molecule has 0 atom stereocenters. The van der Waals surface area contributed by atoms with E-state index in [-0.39, 0.29) is 12.4 Å². The van der Waals surface area contributed by atoms with Gasteiger partial charge in [0.2, 0.25) is 6.33 Å². The molecule has 0 unspecified atom stereocenters. The Morgan fingerprint density at radius 2 is 2.18 bits per heavy atom. The quantitative estimate of drug-likeness (QED) is 0.635. The Balaban J connectivity index is 0.00000144. The van der Waals surface area contributed by atoms with Crippen LogP contribution in [0.15, 0.2) is 36.9 Å². The first kappa shape index (κ1) is 13.7. The van der Waals surface area contributed by atoms with E-state index in [2.05, 4.69) is 54.1 Å². The van der Waals surface area contributed by atoms with Crippen molar-refractivity contribution in [1.82, 2.24) is 9.78 Å². The Bertz CT molecular complexity index is 465. The minimum atomic E-state index is 0. The van der Waals surface area contributed by atoms with Gasteiger partial charge in [-0.15, -0.1) is 4.68 Å². The summed E-state index contributed by atoms with van der Waals surface area (Å²) >= 11 is 0. The van der Waals surface area contributed by atoms with Crippen LogP contribution < -0.4 is 17.0 Å². The molecule has 1 heterocycles. The summed E-state index contributed by atoms with van der Waals surface area (Å²) in [6, 6.07) is 8.58. The van der Waals surface area contributed by atoms with Gasteiger partial charge in [-0.3, -0.25) is 0 Å². The third-order valence-corrected chi connectivity index (χ3v) is 2.53. The van der Waals surface area contributed by atoms with Gasteiger partial charge in [-0.2, -0.15) is 0 Å². The summed E-state index contributed by atoms with van der Waals surface area (Å²) < 4.78 is 4.10. The number of nitrogens with zero attached hydrogens (tertiary/aromatic N) is 3. The minimum absolute atomic E-state index is 0. The molecule has 0 amide bonds. The average Bonchev–Trinajstić information content (AvgIpc) is 2.66. The molecular formula is C13H18ClN3. The largest absolute Gasteiger partial charge is 1.00 e. The zero-order valence-electron chi connectivity index (χ0n) is 10.3. The van der Waals surface area contributed by atoms with Gasteiger partial charge in [-0.05, 0) is 18.9 Å². The molecule has 2 aromatic rings. The molecule has 2 rings (SSSR count). The fraction of sp³-hybridized carbons (Fsp3) is 0.385. The van der Waals surface area contributed by atoms with Gasteiger partial charge >= 0.3 is 0 Å². The average molecular weight is 252 g/mol. The maximum atomic E-state index is 4.30. The Kier molecular flexibility index (Phi) is 5.16. The van der Waals surface area contributed by atoms with Crippen molar-refractivity contribution in [2.75, 3.05) is 0 Å². The number of benzene rings is 1. The van der Waals surface area contributed by atoms with E-state index in [9.17, 15) is 0 Å². The first-order valence-corrected chi connectivity index (χ1v) is 5.75. The van der Waals surface area contributed by atoms with Crippen LogP contribution in [-0.2, 0) is 13.1 Å². The predicted octanol–water partition coefficient (Wildman–Crippen LogP) is -1.06. The second kappa shape index (κ2) is 6.40. The molecule has 3 nitrogen and oxygen atoms in total. The molecule has 1 aromatic carbocycles. The monoisotopic (exact) mass is 251 g/mol. The van der Waals surface area contributed by atoms with E-state index in [1.165, 1.54) is 11.1 Å². The van der Waals surface area contributed by atoms with Crippen LogP contribution in [0.3, 0.4) is 0 Å². The highest BCUT2D eigenvalue weighted by Gasteiger charge is 2.05. The van der Waals surface area contributed by atoms with E-state index < -0.39 is 0 Å². The summed E-state index contributed by atoms with van der Waals surface area (Å²) in [5.74, 6) is 0. The van der Waals surface area contributed by atoms with Gasteiger partial charge < -0.3 is 12.4 Å². The lowest BCUT2D eigenvalue weighted by molar-refractivity contribution is -0.689. The van der Waals surface area contributed by atoms with E-state index in [0.717, 1.165) is 19.5 Å². The maximum Gasteiger partial charge on any atom is 0.265 e. The van der Waals surface area contributed by atoms with E-state index in [4.69, 9.17) is 0 Å². The number of hydrogen-bond donors (Lipinski definition) is 0. The summed E-state index contributed by atoms with van der Waals surface area (Å²) in [6.07, 6.45) is 5.07. The van der Waals surface area contributed by atoms with Crippen molar-refractivity contribution in [3.63, 3.8) is 0 Å². The van der Waals surface area contributed by atoms with Crippen molar-refractivity contribution in [2.45, 2.75) is 33.4 Å². The number of aromatic nitrogens is 3. The highest BCUT2D eigenvalue weighted by Crippen LogP contribution is 2.02. The van der Waals surface area contributed by atoms with Crippen LogP contribution in [0.4, 0.5) is 0 Å². The van der Waals surface area contributed by atoms with Gasteiger partial charge in [0.05, 0.1) is 6.54 Å². The number of hydrogen-bond acceptors (Lipinski definition) is 1. The third-order valence-electron chi connectivity index (χ3n) is 2.53. The van der Waals surface area contributed by atoms with E-state index in [1.54, 1.807) is 0 Å². The molecule has 0 N–H and O–H groups in total. The zero-order chi connectivity index (χ0) is 11.4. The van der Waals surface area contributed by atoms with Crippen molar-refractivity contribution >= 4 is 0 Å². The Labute approximate surface area is 109 Å². The number of aryl methyl sites for hydroxylation is 2. The second-order valence-electron chi connectivity index (χ2n) is 4.17. The number of halogens is 1. The van der Waals surface area contributed by atoms with Crippen LogP contribution in [0.25, 0.3) is 0 Å². The first-order valence-electron chi connectivity index (χ1n) is 5.75. The Morgan fingerprint density at radius 3 is 2.88 bits per heavy atom. The lowest BCUT2D eigenvalue weighted by Gasteiger charge is -1.99. The van der Waals surface area contributed by atoms with Crippen molar-refractivity contribution < 1.29 is 17.0 Å². The molecule has 0 saturated carbocycles. The van der Waals surface area contributed by atoms with Gasteiger partial charge in [0.25, 0.3) is 6.33 Å².